The van der Waals surface area contributed by atoms with Gasteiger partial charge in [0, 0.05) is 6.54 Å². The van der Waals surface area contributed by atoms with Gasteiger partial charge in [0.05, 0.1) is 15.0 Å². The number of thiophene rings is 1. The van der Waals surface area contributed by atoms with Crippen LogP contribution in [0.1, 0.15) is 17.3 Å². The van der Waals surface area contributed by atoms with Crippen LogP contribution in [0.3, 0.4) is 0 Å². The predicted molar refractivity (Wildman–Crippen MR) is 107 cm³/mol. The number of rotatable bonds is 7. The van der Waals surface area contributed by atoms with Crippen LogP contribution in [0.15, 0.2) is 44.4 Å². The van der Waals surface area contributed by atoms with Crippen LogP contribution in [-0.4, -0.2) is 39.5 Å². The highest BCUT2D eigenvalue weighted by Gasteiger charge is 2.21. The third-order valence-electron chi connectivity index (χ3n) is 3.13. The molecule has 3 N–H and O–H groups in total. The van der Waals surface area contributed by atoms with E-state index < -0.39 is 34.5 Å². The Morgan fingerprint density at radius 1 is 1.14 bits per heavy atom. The summed E-state index contributed by atoms with van der Waals surface area (Å²) in [4.78, 5) is 35.1. The molecule has 0 fully saturated rings. The minimum Gasteiger partial charge on any atom is -0.452 e. The van der Waals surface area contributed by atoms with Gasteiger partial charge in [-0.2, -0.15) is 0 Å². The summed E-state index contributed by atoms with van der Waals surface area (Å²) >= 11 is 4.21. The third-order valence-corrected chi connectivity index (χ3v) is 6.61. The summed E-state index contributed by atoms with van der Waals surface area (Å²) in [5.41, 5.74) is -0.0753. The number of nitrogens with one attached hydrogen (secondary N) is 3. The molecule has 1 aromatic heterocycles. The molecule has 0 bridgehead atoms. The van der Waals surface area contributed by atoms with Gasteiger partial charge >= 0.3 is 12.0 Å². The minimum absolute atomic E-state index is 0.00107. The van der Waals surface area contributed by atoms with Crippen molar-refractivity contribution in [3.63, 3.8) is 0 Å². The Kier molecular flexibility index (Phi) is 7.54. The fraction of sp³-hybridized carbons (Fsp3) is 0.188. The van der Waals surface area contributed by atoms with Crippen LogP contribution in [0.2, 0.25) is 0 Å². The molecule has 0 unspecified atom stereocenters. The second kappa shape index (κ2) is 9.66. The van der Waals surface area contributed by atoms with Crippen LogP contribution in [0.5, 0.6) is 0 Å². The normalized spacial score (nSPS) is 10.8. The van der Waals surface area contributed by atoms with Crippen molar-refractivity contribution < 1.29 is 27.5 Å². The lowest BCUT2D eigenvalue weighted by molar-refractivity contribution is -0.123. The van der Waals surface area contributed by atoms with E-state index >= 15 is 0 Å². The number of anilines is 1. The molecule has 0 aliphatic rings. The number of amides is 3. The Balaban J connectivity index is 2.08. The molecule has 28 heavy (non-hydrogen) atoms. The van der Waals surface area contributed by atoms with Crippen LogP contribution in [0.25, 0.3) is 0 Å². The quantitative estimate of drug-likeness (QED) is 0.511. The molecule has 0 radical (unpaired) electrons. The SMILES string of the molecule is CCNC(=O)NC(=O)COC(=O)c1ccccc1NS(=O)(=O)c1ccc(Br)s1. The van der Waals surface area contributed by atoms with Crippen LogP contribution in [0, 0.1) is 0 Å². The van der Waals surface area contributed by atoms with Crippen LogP contribution in [-0.2, 0) is 19.6 Å². The number of esters is 1. The first-order valence-electron chi connectivity index (χ1n) is 7.85. The lowest BCUT2D eigenvalue weighted by Crippen LogP contribution is -2.41. The number of urea groups is 1. The Hall–Kier alpha value is -2.44. The number of benzene rings is 1. The molecule has 2 aromatic rings. The van der Waals surface area contributed by atoms with Gasteiger partial charge in [-0.15, -0.1) is 11.3 Å². The van der Waals surface area contributed by atoms with Gasteiger partial charge in [0.2, 0.25) is 0 Å². The topological polar surface area (TPSA) is 131 Å². The largest absolute Gasteiger partial charge is 0.452 e. The molecule has 1 aromatic carbocycles. The molecular formula is C16H16BrN3O6S2. The number of sulfonamides is 1. The highest BCUT2D eigenvalue weighted by atomic mass is 79.9. The van der Waals surface area contributed by atoms with Crippen molar-refractivity contribution in [2.75, 3.05) is 17.9 Å². The first-order valence-corrected chi connectivity index (χ1v) is 10.9. The van der Waals surface area contributed by atoms with Crippen molar-refractivity contribution >= 4 is 60.9 Å². The number of carbonyl (C=O) groups is 3. The number of halogens is 1. The van der Waals surface area contributed by atoms with Crippen LogP contribution >= 0.6 is 27.3 Å². The fourth-order valence-electron chi connectivity index (χ4n) is 1.96. The van der Waals surface area contributed by atoms with E-state index in [9.17, 15) is 22.8 Å². The first-order chi connectivity index (χ1) is 13.2. The van der Waals surface area contributed by atoms with Gasteiger partial charge in [-0.25, -0.2) is 18.0 Å². The molecule has 0 atom stereocenters. The molecule has 3 amide bonds. The average Bonchev–Trinajstić information content (AvgIpc) is 3.07. The molecule has 0 aliphatic heterocycles. The summed E-state index contributed by atoms with van der Waals surface area (Å²) in [5, 5.41) is 4.34. The summed E-state index contributed by atoms with van der Waals surface area (Å²) in [6, 6.07) is 8.11. The monoisotopic (exact) mass is 489 g/mol. The summed E-state index contributed by atoms with van der Waals surface area (Å²) in [6.07, 6.45) is 0. The van der Waals surface area contributed by atoms with E-state index in [-0.39, 0.29) is 15.5 Å². The van der Waals surface area contributed by atoms with E-state index in [2.05, 4.69) is 26.0 Å². The van der Waals surface area contributed by atoms with Crippen molar-refractivity contribution in [1.82, 2.24) is 10.6 Å². The molecule has 2 rings (SSSR count). The first kappa shape index (κ1) is 21.9. The van der Waals surface area contributed by atoms with E-state index in [0.29, 0.717) is 10.3 Å². The highest BCUT2D eigenvalue weighted by molar-refractivity contribution is 9.11. The van der Waals surface area contributed by atoms with E-state index in [1.165, 1.54) is 24.3 Å². The molecule has 0 saturated carbocycles. The second-order valence-corrected chi connectivity index (χ2v) is 9.57. The minimum atomic E-state index is -3.90. The molecule has 0 saturated heterocycles. The number of imide groups is 1. The smallest absolute Gasteiger partial charge is 0.340 e. The van der Waals surface area contributed by atoms with Gasteiger partial charge < -0.3 is 10.1 Å². The Bertz CT molecular complexity index is 990. The zero-order valence-corrected chi connectivity index (χ0v) is 17.7. The van der Waals surface area contributed by atoms with E-state index in [0.717, 1.165) is 11.3 Å². The molecule has 150 valence electrons. The highest BCUT2D eigenvalue weighted by Crippen LogP contribution is 2.28. The van der Waals surface area contributed by atoms with Gasteiger partial charge in [0.25, 0.3) is 15.9 Å². The van der Waals surface area contributed by atoms with Crippen molar-refractivity contribution in [3.8, 4) is 0 Å². The van der Waals surface area contributed by atoms with Gasteiger partial charge in [-0.05, 0) is 47.1 Å². The fourth-order valence-corrected chi connectivity index (χ4v) is 5.05. The molecule has 12 heteroatoms. The number of hydrogen-bond donors (Lipinski definition) is 3. The summed E-state index contributed by atoms with van der Waals surface area (Å²) in [7, 11) is -3.90. The molecule has 1 heterocycles. The summed E-state index contributed by atoms with van der Waals surface area (Å²) < 4.78 is 32.8. The van der Waals surface area contributed by atoms with Gasteiger partial charge in [0.15, 0.2) is 6.61 Å². The van der Waals surface area contributed by atoms with Crippen LogP contribution < -0.4 is 15.4 Å². The zero-order valence-electron chi connectivity index (χ0n) is 14.5. The Morgan fingerprint density at radius 2 is 1.86 bits per heavy atom. The average molecular weight is 490 g/mol. The summed E-state index contributed by atoms with van der Waals surface area (Å²) in [6.45, 7) is 1.30. The molecule has 9 nitrogen and oxygen atoms in total. The molecular weight excluding hydrogens is 474 g/mol. The van der Waals surface area contributed by atoms with E-state index in [4.69, 9.17) is 4.74 Å². The van der Waals surface area contributed by atoms with E-state index in [1.54, 1.807) is 19.1 Å². The number of para-hydroxylation sites is 1. The maximum Gasteiger partial charge on any atom is 0.340 e. The Morgan fingerprint density at radius 3 is 2.50 bits per heavy atom. The number of hydrogen-bond acceptors (Lipinski definition) is 7. The maximum absolute atomic E-state index is 12.5. The predicted octanol–water partition coefficient (Wildman–Crippen LogP) is 2.31. The number of carbonyl (C=O) groups excluding carboxylic acids is 3. The van der Waals surface area contributed by atoms with Crippen molar-refractivity contribution in [3.05, 3.63) is 45.7 Å². The van der Waals surface area contributed by atoms with Crippen molar-refractivity contribution in [1.29, 1.82) is 0 Å². The summed E-state index contributed by atoms with van der Waals surface area (Å²) in [5.74, 6) is -1.74. The Labute approximate surface area is 173 Å². The van der Waals surface area contributed by atoms with Gasteiger partial charge in [-0.1, -0.05) is 12.1 Å². The van der Waals surface area contributed by atoms with Gasteiger partial charge in [-0.3, -0.25) is 14.8 Å². The van der Waals surface area contributed by atoms with Crippen molar-refractivity contribution in [2.45, 2.75) is 11.1 Å². The van der Waals surface area contributed by atoms with Crippen LogP contribution in [0.4, 0.5) is 10.5 Å². The second-order valence-electron chi connectivity index (χ2n) is 5.19. The number of ether oxygens (including phenoxy) is 1. The lowest BCUT2D eigenvalue weighted by atomic mass is 10.2. The molecule has 0 aliphatic carbocycles. The standard InChI is InChI=1S/C16H16BrN3O6S2/c1-2-18-16(23)19-13(21)9-26-15(22)10-5-3-4-6-11(10)20-28(24,25)14-8-7-12(17)27-14/h3-8,20H,2,9H2,1H3,(H2,18,19,21,23). The zero-order chi connectivity index (χ0) is 20.7. The van der Waals surface area contributed by atoms with E-state index in [1.807, 2.05) is 5.32 Å². The van der Waals surface area contributed by atoms with Gasteiger partial charge in [0.1, 0.15) is 4.21 Å². The molecule has 0 spiro atoms. The lowest BCUT2D eigenvalue weighted by Gasteiger charge is -2.11. The van der Waals surface area contributed by atoms with Crippen molar-refractivity contribution in [2.24, 2.45) is 0 Å². The maximum atomic E-state index is 12.5. The third kappa shape index (κ3) is 6.04.